The molecule has 246 valence electrons. The largest absolute Gasteiger partial charge is 0.311 e. The third-order valence-electron chi connectivity index (χ3n) is 9.81. The summed E-state index contributed by atoms with van der Waals surface area (Å²) in [7, 11) is 0. The fourth-order valence-electron chi connectivity index (χ4n) is 7.34. The highest BCUT2D eigenvalue weighted by Gasteiger charge is 2.15. The number of hydrogen-bond donors (Lipinski definition) is 0. The Kier molecular flexibility index (Phi) is 8.24. The van der Waals surface area contributed by atoms with E-state index in [0.717, 1.165) is 34.1 Å². The van der Waals surface area contributed by atoms with Crippen LogP contribution in [0.2, 0.25) is 0 Å². The molecule has 2 nitrogen and oxygen atoms in total. The molecule has 0 bridgehead atoms. The van der Waals surface area contributed by atoms with E-state index in [4.69, 9.17) is 0 Å². The van der Waals surface area contributed by atoms with E-state index in [1.807, 2.05) is 0 Å². The van der Waals surface area contributed by atoms with Gasteiger partial charge in [-0.15, -0.1) is 0 Å². The number of fused-ring (bicyclic) bond motifs is 2. The summed E-state index contributed by atoms with van der Waals surface area (Å²) in [6.45, 7) is 0. The van der Waals surface area contributed by atoms with Crippen molar-refractivity contribution in [1.82, 2.24) is 0 Å². The van der Waals surface area contributed by atoms with E-state index in [1.54, 1.807) is 0 Å². The predicted octanol–water partition coefficient (Wildman–Crippen LogP) is 14.3. The Bertz CT molecular complexity index is 2320. The van der Waals surface area contributed by atoms with Gasteiger partial charge in [0.2, 0.25) is 0 Å². The number of nitrogens with zero attached hydrogens (tertiary/aromatic N) is 2. The fourth-order valence-corrected chi connectivity index (χ4v) is 7.34. The van der Waals surface area contributed by atoms with Gasteiger partial charge in [-0.2, -0.15) is 0 Å². The van der Waals surface area contributed by atoms with Gasteiger partial charge in [-0.1, -0.05) is 133 Å². The molecule has 0 aliphatic carbocycles. The van der Waals surface area contributed by atoms with Gasteiger partial charge in [-0.25, -0.2) is 0 Å². The Hall–Kier alpha value is -6.90. The third-order valence-corrected chi connectivity index (χ3v) is 9.81. The smallest absolute Gasteiger partial charge is 0.0462 e. The Balaban J connectivity index is 1.07. The monoisotopic (exact) mass is 664 g/mol. The van der Waals surface area contributed by atoms with Crippen LogP contribution in [0.3, 0.4) is 0 Å². The molecule has 52 heavy (non-hydrogen) atoms. The maximum Gasteiger partial charge on any atom is 0.0462 e. The van der Waals surface area contributed by atoms with E-state index in [-0.39, 0.29) is 0 Å². The number of hydrogen-bond acceptors (Lipinski definition) is 2. The van der Waals surface area contributed by atoms with Crippen LogP contribution in [0.25, 0.3) is 43.8 Å². The second kappa shape index (κ2) is 13.8. The quantitative estimate of drug-likeness (QED) is 0.149. The highest BCUT2D eigenvalue weighted by Crippen LogP contribution is 2.40. The molecule has 0 aliphatic rings. The van der Waals surface area contributed by atoms with Crippen molar-refractivity contribution in [3.05, 3.63) is 218 Å². The molecule has 0 aliphatic heterocycles. The molecule has 0 unspecified atom stereocenters. The average molecular weight is 665 g/mol. The Morgan fingerprint density at radius 3 is 0.827 bits per heavy atom. The molecule has 0 amide bonds. The van der Waals surface area contributed by atoms with Gasteiger partial charge in [0.05, 0.1) is 0 Å². The zero-order valence-electron chi connectivity index (χ0n) is 28.7. The van der Waals surface area contributed by atoms with Crippen LogP contribution in [0.5, 0.6) is 0 Å². The molecule has 0 radical (unpaired) electrons. The fraction of sp³-hybridized carbons (Fsp3) is 0. The summed E-state index contributed by atoms with van der Waals surface area (Å²) in [5.41, 5.74) is 11.6. The molecule has 2 heteroatoms. The van der Waals surface area contributed by atoms with E-state index >= 15 is 0 Å². The van der Waals surface area contributed by atoms with Crippen molar-refractivity contribution < 1.29 is 0 Å². The van der Waals surface area contributed by atoms with E-state index in [0.29, 0.717) is 0 Å². The highest BCUT2D eigenvalue weighted by atomic mass is 15.1. The summed E-state index contributed by atoms with van der Waals surface area (Å²) in [4.78, 5) is 4.60. The molecule has 0 fully saturated rings. The van der Waals surface area contributed by atoms with Gasteiger partial charge < -0.3 is 9.80 Å². The van der Waals surface area contributed by atoms with Crippen LogP contribution in [-0.2, 0) is 0 Å². The van der Waals surface area contributed by atoms with Gasteiger partial charge in [0.15, 0.2) is 0 Å². The van der Waals surface area contributed by atoms with Crippen molar-refractivity contribution in [3.8, 4) is 22.3 Å². The molecule has 0 spiro atoms. The first-order chi connectivity index (χ1) is 25.8. The molecule has 0 atom stereocenters. The Morgan fingerprint density at radius 2 is 0.519 bits per heavy atom. The summed E-state index contributed by atoms with van der Waals surface area (Å²) in [6.07, 6.45) is 0. The highest BCUT2D eigenvalue weighted by molar-refractivity contribution is 6.09. The van der Waals surface area contributed by atoms with Crippen molar-refractivity contribution in [2.24, 2.45) is 0 Å². The van der Waals surface area contributed by atoms with Crippen molar-refractivity contribution in [3.63, 3.8) is 0 Å². The van der Waals surface area contributed by atoms with Crippen molar-refractivity contribution >= 4 is 55.7 Å². The predicted molar refractivity (Wildman–Crippen MR) is 222 cm³/mol. The first-order valence-corrected chi connectivity index (χ1v) is 17.8. The molecule has 9 rings (SSSR count). The molecule has 0 aromatic heterocycles. The molecular weight excluding hydrogens is 629 g/mol. The van der Waals surface area contributed by atoms with Gasteiger partial charge in [0, 0.05) is 34.1 Å². The molecule has 9 aromatic rings. The molecule has 0 heterocycles. The topological polar surface area (TPSA) is 6.48 Å². The average Bonchev–Trinajstić information content (AvgIpc) is 3.22. The molecule has 9 aromatic carbocycles. The van der Waals surface area contributed by atoms with Crippen LogP contribution < -0.4 is 9.80 Å². The van der Waals surface area contributed by atoms with E-state index in [1.165, 1.54) is 43.8 Å². The zero-order valence-corrected chi connectivity index (χ0v) is 28.7. The third kappa shape index (κ3) is 5.97. The SMILES string of the molecule is c1ccc(N(c2ccccc2)c2ccc(-c3cccc4cc5c(-c6ccc(N(c7ccccc7)c7ccccc7)cc6)cccc5cc34)cc2)cc1. The van der Waals surface area contributed by atoms with Crippen LogP contribution in [0.4, 0.5) is 34.1 Å². The Morgan fingerprint density at radius 1 is 0.231 bits per heavy atom. The van der Waals surface area contributed by atoms with Gasteiger partial charge in [-0.05, 0) is 129 Å². The number of anilines is 6. The minimum atomic E-state index is 1.12. The van der Waals surface area contributed by atoms with Crippen molar-refractivity contribution in [2.75, 3.05) is 9.80 Å². The summed E-state index contributed by atoms with van der Waals surface area (Å²) in [5.74, 6) is 0. The van der Waals surface area contributed by atoms with Crippen LogP contribution in [0.1, 0.15) is 0 Å². The van der Waals surface area contributed by atoms with Gasteiger partial charge in [0.1, 0.15) is 0 Å². The molecule has 0 saturated heterocycles. The lowest BCUT2D eigenvalue weighted by molar-refractivity contribution is 1.28. The van der Waals surface area contributed by atoms with E-state index < -0.39 is 0 Å². The standard InChI is InChI=1S/C50H36N2/c1-5-17-41(18-6-1)51(42-19-7-2-8-20-42)45-31-27-37(28-32-45)47-25-13-15-39-36-50-40(35-49(39)47)16-14-26-48(50)38-29-33-46(34-30-38)52(43-21-9-3-10-22-43)44-23-11-4-12-24-44/h1-36H. The lowest BCUT2D eigenvalue weighted by atomic mass is 9.92. The van der Waals surface area contributed by atoms with E-state index in [2.05, 4.69) is 228 Å². The number of rotatable bonds is 8. The molecule has 0 N–H and O–H groups in total. The summed E-state index contributed by atoms with van der Waals surface area (Å²) >= 11 is 0. The summed E-state index contributed by atoms with van der Waals surface area (Å²) in [6, 6.07) is 78.1. The summed E-state index contributed by atoms with van der Waals surface area (Å²) in [5, 5.41) is 4.96. The van der Waals surface area contributed by atoms with Crippen LogP contribution >= 0.6 is 0 Å². The van der Waals surface area contributed by atoms with Gasteiger partial charge in [0.25, 0.3) is 0 Å². The van der Waals surface area contributed by atoms with Crippen LogP contribution in [0.15, 0.2) is 218 Å². The van der Waals surface area contributed by atoms with Crippen LogP contribution in [-0.4, -0.2) is 0 Å². The number of benzene rings is 9. The minimum Gasteiger partial charge on any atom is -0.311 e. The first kappa shape index (κ1) is 31.1. The Labute approximate surface area is 305 Å². The van der Waals surface area contributed by atoms with Crippen molar-refractivity contribution in [2.45, 2.75) is 0 Å². The number of para-hydroxylation sites is 4. The zero-order chi connectivity index (χ0) is 34.7. The maximum absolute atomic E-state index is 2.36. The maximum atomic E-state index is 2.36. The minimum absolute atomic E-state index is 1.12. The van der Waals surface area contributed by atoms with Crippen molar-refractivity contribution in [1.29, 1.82) is 0 Å². The second-order valence-corrected chi connectivity index (χ2v) is 13.0. The van der Waals surface area contributed by atoms with E-state index in [9.17, 15) is 0 Å². The molecular formula is C50H36N2. The molecule has 0 saturated carbocycles. The van der Waals surface area contributed by atoms with Gasteiger partial charge >= 0.3 is 0 Å². The lowest BCUT2D eigenvalue weighted by Gasteiger charge is -2.25. The van der Waals surface area contributed by atoms with Crippen LogP contribution in [0, 0.1) is 0 Å². The summed E-state index contributed by atoms with van der Waals surface area (Å²) < 4.78 is 0. The second-order valence-electron chi connectivity index (χ2n) is 13.0. The van der Waals surface area contributed by atoms with Gasteiger partial charge in [-0.3, -0.25) is 0 Å². The first-order valence-electron chi connectivity index (χ1n) is 17.8. The normalized spacial score (nSPS) is 11.1. The lowest BCUT2D eigenvalue weighted by Crippen LogP contribution is -2.09.